The van der Waals surface area contributed by atoms with E-state index in [0.29, 0.717) is 44.3 Å². The number of thiophene rings is 1. The molecule has 8 nitrogen and oxygen atoms in total. The van der Waals surface area contributed by atoms with E-state index in [9.17, 15) is 9.59 Å². The van der Waals surface area contributed by atoms with Gasteiger partial charge < -0.3 is 14.3 Å². The highest BCUT2D eigenvalue weighted by Gasteiger charge is 2.39. The van der Waals surface area contributed by atoms with E-state index in [0.717, 1.165) is 30.8 Å². The maximum atomic E-state index is 13.0. The quantitative estimate of drug-likeness (QED) is 0.670. The van der Waals surface area contributed by atoms with Gasteiger partial charge in [-0.15, -0.1) is 11.3 Å². The molecule has 0 spiro atoms. The van der Waals surface area contributed by atoms with Crippen LogP contribution in [0.1, 0.15) is 39.0 Å². The molecule has 30 heavy (non-hydrogen) atoms. The third-order valence-electron chi connectivity index (χ3n) is 6.14. The van der Waals surface area contributed by atoms with Crippen molar-refractivity contribution in [3.05, 3.63) is 23.4 Å². The van der Waals surface area contributed by atoms with Gasteiger partial charge in [-0.2, -0.15) is 4.98 Å². The van der Waals surface area contributed by atoms with E-state index < -0.39 is 0 Å². The van der Waals surface area contributed by atoms with Gasteiger partial charge in [0.2, 0.25) is 23.5 Å². The molecule has 1 atom stereocenters. The first kappa shape index (κ1) is 21.0. The largest absolute Gasteiger partial charge is 0.340 e. The Morgan fingerprint density at radius 2 is 2.03 bits per heavy atom. The van der Waals surface area contributed by atoms with Crippen molar-refractivity contribution in [2.24, 2.45) is 5.92 Å². The van der Waals surface area contributed by atoms with Crippen LogP contribution in [0.4, 0.5) is 0 Å². The Morgan fingerprint density at radius 1 is 1.27 bits per heavy atom. The van der Waals surface area contributed by atoms with Crippen molar-refractivity contribution in [1.82, 2.24) is 24.8 Å². The Bertz CT molecular complexity index is 856. The summed E-state index contributed by atoms with van der Waals surface area (Å²) >= 11 is 1.59. The van der Waals surface area contributed by atoms with E-state index >= 15 is 0 Å². The lowest BCUT2D eigenvalue weighted by Crippen LogP contribution is -2.50. The van der Waals surface area contributed by atoms with E-state index in [2.05, 4.69) is 28.9 Å². The summed E-state index contributed by atoms with van der Waals surface area (Å²) in [7, 11) is 0. The summed E-state index contributed by atoms with van der Waals surface area (Å²) in [5.74, 6) is 1.27. The number of carbonyl (C=O) groups is 2. The second-order valence-electron chi connectivity index (χ2n) is 8.01. The third kappa shape index (κ3) is 4.41. The van der Waals surface area contributed by atoms with E-state index in [-0.39, 0.29) is 23.8 Å². The maximum Gasteiger partial charge on any atom is 0.241 e. The van der Waals surface area contributed by atoms with Crippen LogP contribution in [-0.4, -0.2) is 75.4 Å². The van der Waals surface area contributed by atoms with Gasteiger partial charge in [0.25, 0.3) is 0 Å². The lowest BCUT2D eigenvalue weighted by atomic mass is 10.1. The molecule has 4 rings (SSSR count). The van der Waals surface area contributed by atoms with E-state index in [1.54, 1.807) is 11.3 Å². The number of rotatable bonds is 7. The topological polar surface area (TPSA) is 82.8 Å². The predicted octanol–water partition coefficient (Wildman–Crippen LogP) is 2.48. The molecule has 2 aromatic heterocycles. The van der Waals surface area contributed by atoms with Crippen molar-refractivity contribution >= 4 is 23.2 Å². The summed E-state index contributed by atoms with van der Waals surface area (Å²) in [5.41, 5.74) is 0. The van der Waals surface area contributed by atoms with Crippen LogP contribution in [0.25, 0.3) is 10.7 Å². The molecule has 0 aromatic carbocycles. The molecule has 2 aliphatic heterocycles. The Balaban J connectivity index is 1.27. The van der Waals surface area contributed by atoms with E-state index in [1.807, 2.05) is 27.3 Å². The van der Waals surface area contributed by atoms with Crippen LogP contribution in [0.2, 0.25) is 0 Å². The fraction of sp³-hybridized carbons (Fsp3) is 0.619. The number of aromatic nitrogens is 2. The molecule has 9 heteroatoms. The minimum atomic E-state index is -0.200. The molecule has 1 unspecified atom stereocenters. The smallest absolute Gasteiger partial charge is 0.241 e. The minimum absolute atomic E-state index is 0.120. The zero-order valence-corrected chi connectivity index (χ0v) is 18.4. The van der Waals surface area contributed by atoms with Crippen molar-refractivity contribution in [3.8, 4) is 10.7 Å². The number of nitrogens with zero attached hydrogens (tertiary/aromatic N) is 5. The van der Waals surface area contributed by atoms with Gasteiger partial charge in [0.05, 0.1) is 17.3 Å². The monoisotopic (exact) mass is 431 g/mol. The lowest BCUT2D eigenvalue weighted by Gasteiger charge is -2.35. The highest BCUT2D eigenvalue weighted by molar-refractivity contribution is 7.13. The average Bonchev–Trinajstić information content (AvgIpc) is 3.51. The Hall–Kier alpha value is -2.26. The third-order valence-corrected chi connectivity index (χ3v) is 7.01. The van der Waals surface area contributed by atoms with E-state index in [4.69, 9.17) is 4.52 Å². The molecule has 0 aliphatic carbocycles. The molecular weight excluding hydrogens is 402 g/mol. The SMILES string of the molecule is CCC(CC)N1CC(C(=O)N2CCN(Cc3nc(-c4cccs4)no3)CC2)CC1=O. The highest BCUT2D eigenvalue weighted by atomic mass is 32.1. The summed E-state index contributed by atoms with van der Waals surface area (Å²) in [5, 5.41) is 6.05. The molecule has 2 aromatic rings. The highest BCUT2D eigenvalue weighted by Crippen LogP contribution is 2.25. The van der Waals surface area contributed by atoms with Crippen LogP contribution in [-0.2, 0) is 16.1 Å². The first-order valence-corrected chi connectivity index (χ1v) is 11.6. The van der Waals surface area contributed by atoms with Crippen LogP contribution in [0.15, 0.2) is 22.0 Å². The fourth-order valence-corrected chi connectivity index (χ4v) is 5.03. The number of amides is 2. The molecule has 2 aliphatic rings. The van der Waals surface area contributed by atoms with Crippen molar-refractivity contribution in [2.75, 3.05) is 32.7 Å². The summed E-state index contributed by atoms with van der Waals surface area (Å²) in [6.07, 6.45) is 2.22. The van der Waals surface area contributed by atoms with E-state index in [1.165, 1.54) is 0 Å². The van der Waals surface area contributed by atoms with Crippen molar-refractivity contribution in [3.63, 3.8) is 0 Å². The molecule has 0 radical (unpaired) electrons. The van der Waals surface area contributed by atoms with Gasteiger partial charge in [-0.1, -0.05) is 25.1 Å². The standard InChI is InChI=1S/C21H29N5O3S/c1-3-16(4-2)26-13-15(12-19(26)27)21(28)25-9-7-24(8-10-25)14-18-22-20(23-29-18)17-6-5-11-30-17/h5-6,11,15-16H,3-4,7-10,12-14H2,1-2H3. The number of piperazine rings is 1. The van der Waals surface area contributed by atoms with Gasteiger partial charge in [0, 0.05) is 45.2 Å². The number of hydrogen-bond donors (Lipinski definition) is 0. The van der Waals surface area contributed by atoms with Gasteiger partial charge in [0.15, 0.2) is 0 Å². The van der Waals surface area contributed by atoms with Crippen molar-refractivity contribution in [1.29, 1.82) is 0 Å². The average molecular weight is 432 g/mol. The molecule has 0 bridgehead atoms. The van der Waals surface area contributed by atoms with Crippen LogP contribution in [0.3, 0.4) is 0 Å². The normalized spacial score (nSPS) is 20.5. The molecule has 0 N–H and O–H groups in total. The van der Waals surface area contributed by atoms with Gasteiger partial charge in [-0.3, -0.25) is 14.5 Å². The molecule has 2 amide bonds. The van der Waals surface area contributed by atoms with Crippen molar-refractivity contribution < 1.29 is 14.1 Å². The number of likely N-dealkylation sites (tertiary alicyclic amines) is 1. The van der Waals surface area contributed by atoms with Crippen LogP contribution in [0.5, 0.6) is 0 Å². The Kier molecular flexibility index (Phi) is 6.48. The van der Waals surface area contributed by atoms with Gasteiger partial charge >= 0.3 is 0 Å². The summed E-state index contributed by atoms with van der Waals surface area (Å²) < 4.78 is 5.39. The maximum absolute atomic E-state index is 13.0. The van der Waals surface area contributed by atoms with Crippen LogP contribution >= 0.6 is 11.3 Å². The summed E-state index contributed by atoms with van der Waals surface area (Å²) in [6, 6.07) is 4.19. The van der Waals surface area contributed by atoms with Gasteiger partial charge in [0.1, 0.15) is 0 Å². The molecular formula is C21H29N5O3S. The summed E-state index contributed by atoms with van der Waals surface area (Å²) in [4.78, 5) is 36.9. The first-order chi connectivity index (χ1) is 14.6. The van der Waals surface area contributed by atoms with Gasteiger partial charge in [-0.05, 0) is 24.3 Å². The Labute approximate surface area is 180 Å². The summed E-state index contributed by atoms with van der Waals surface area (Å²) in [6.45, 7) is 8.22. The molecule has 2 saturated heterocycles. The second kappa shape index (κ2) is 9.26. The predicted molar refractivity (Wildman–Crippen MR) is 114 cm³/mol. The molecule has 4 heterocycles. The molecule has 0 saturated carbocycles. The zero-order chi connectivity index (χ0) is 21.1. The van der Waals surface area contributed by atoms with Gasteiger partial charge in [-0.25, -0.2) is 0 Å². The van der Waals surface area contributed by atoms with Crippen LogP contribution < -0.4 is 0 Å². The molecule has 2 fully saturated rings. The fourth-order valence-electron chi connectivity index (χ4n) is 4.38. The number of carbonyl (C=O) groups excluding carboxylic acids is 2. The molecule has 162 valence electrons. The lowest BCUT2D eigenvalue weighted by molar-refractivity contribution is -0.137. The number of hydrogen-bond acceptors (Lipinski definition) is 7. The second-order valence-corrected chi connectivity index (χ2v) is 8.96. The Morgan fingerprint density at radius 3 is 2.70 bits per heavy atom. The van der Waals surface area contributed by atoms with Crippen molar-refractivity contribution in [2.45, 2.75) is 45.7 Å². The zero-order valence-electron chi connectivity index (χ0n) is 17.6. The minimum Gasteiger partial charge on any atom is -0.340 e. The van der Waals surface area contributed by atoms with Crippen LogP contribution in [0, 0.1) is 5.92 Å². The first-order valence-electron chi connectivity index (χ1n) is 10.8.